The van der Waals surface area contributed by atoms with Gasteiger partial charge in [-0.2, -0.15) is 4.98 Å². The van der Waals surface area contributed by atoms with Gasteiger partial charge in [-0.25, -0.2) is 15.1 Å². The SMILES string of the molecule is CC(=O)ONc1ccn([C@@H]2O[C@H](CO)[C@H]3OC(=O)O[C@H]32)c(=O)n1. The Hall–Kier alpha value is -2.66. The fourth-order valence-electron chi connectivity index (χ4n) is 2.38. The smallest absolute Gasteiger partial charge is 0.424 e. The Labute approximate surface area is 128 Å². The van der Waals surface area contributed by atoms with E-state index in [1.807, 2.05) is 0 Å². The lowest BCUT2D eigenvalue weighted by molar-refractivity contribution is -0.138. The van der Waals surface area contributed by atoms with Crippen molar-refractivity contribution in [3.05, 3.63) is 22.7 Å². The van der Waals surface area contributed by atoms with Crippen molar-refractivity contribution in [2.45, 2.75) is 31.5 Å². The van der Waals surface area contributed by atoms with Crippen molar-refractivity contribution in [2.24, 2.45) is 0 Å². The van der Waals surface area contributed by atoms with E-state index in [1.54, 1.807) is 0 Å². The highest BCUT2D eigenvalue weighted by Gasteiger charge is 2.55. The summed E-state index contributed by atoms with van der Waals surface area (Å²) in [7, 11) is 0. The summed E-state index contributed by atoms with van der Waals surface area (Å²) in [6.45, 7) is 0.785. The van der Waals surface area contributed by atoms with Gasteiger partial charge in [0.05, 0.1) is 6.61 Å². The minimum atomic E-state index is -0.980. The number of ether oxygens (including phenoxy) is 3. The number of carbonyl (C=O) groups excluding carboxylic acids is 2. The van der Waals surface area contributed by atoms with Crippen LogP contribution in [-0.4, -0.2) is 51.7 Å². The van der Waals surface area contributed by atoms with Crippen molar-refractivity contribution in [3.63, 3.8) is 0 Å². The molecule has 2 aliphatic rings. The van der Waals surface area contributed by atoms with Crippen molar-refractivity contribution in [1.82, 2.24) is 9.55 Å². The predicted molar refractivity (Wildman–Crippen MR) is 70.0 cm³/mol. The molecule has 124 valence electrons. The maximum atomic E-state index is 12.1. The highest BCUT2D eigenvalue weighted by atomic mass is 16.8. The van der Waals surface area contributed by atoms with Crippen molar-refractivity contribution in [3.8, 4) is 0 Å². The lowest BCUT2D eigenvalue weighted by Gasteiger charge is -2.17. The zero-order valence-corrected chi connectivity index (χ0v) is 11.9. The van der Waals surface area contributed by atoms with E-state index < -0.39 is 49.0 Å². The number of fused-ring (bicyclic) bond motifs is 1. The number of aromatic nitrogens is 2. The molecule has 2 aliphatic heterocycles. The summed E-state index contributed by atoms with van der Waals surface area (Å²) in [6, 6.07) is 1.37. The second-order valence-corrected chi connectivity index (χ2v) is 4.86. The molecule has 0 unspecified atom stereocenters. The normalized spacial score (nSPS) is 28.7. The standard InChI is InChI=1S/C12H13N3O8/c1-5(17)23-14-7-2-3-15(11(18)13-7)10-9-8(6(4-16)20-10)21-12(19)22-9/h2-3,6,8-10,16H,4H2,1H3,(H,13,14,18)/t6-,8-,9-,10-/m1/s1. The molecule has 0 radical (unpaired) electrons. The molecule has 2 saturated heterocycles. The Morgan fingerprint density at radius 3 is 2.83 bits per heavy atom. The fraction of sp³-hybridized carbons (Fsp3) is 0.500. The summed E-state index contributed by atoms with van der Waals surface area (Å²) < 4.78 is 16.5. The second kappa shape index (κ2) is 5.85. The summed E-state index contributed by atoms with van der Waals surface area (Å²) >= 11 is 0. The van der Waals surface area contributed by atoms with Gasteiger partial charge in [-0.05, 0) is 0 Å². The quantitative estimate of drug-likeness (QED) is 0.519. The highest BCUT2D eigenvalue weighted by molar-refractivity contribution is 5.66. The van der Waals surface area contributed by atoms with E-state index in [4.69, 9.17) is 14.2 Å². The van der Waals surface area contributed by atoms with Crippen LogP contribution in [0.4, 0.5) is 10.6 Å². The molecule has 23 heavy (non-hydrogen) atoms. The van der Waals surface area contributed by atoms with Gasteiger partial charge >= 0.3 is 17.8 Å². The Bertz CT molecular complexity index is 689. The number of nitrogens with one attached hydrogen (secondary N) is 1. The van der Waals surface area contributed by atoms with Gasteiger partial charge in [-0.3, -0.25) is 9.36 Å². The van der Waals surface area contributed by atoms with Crippen LogP contribution in [-0.2, 0) is 23.8 Å². The van der Waals surface area contributed by atoms with Gasteiger partial charge < -0.3 is 24.2 Å². The van der Waals surface area contributed by atoms with Crippen molar-refractivity contribution >= 4 is 17.9 Å². The van der Waals surface area contributed by atoms with Gasteiger partial charge in [0.2, 0.25) is 0 Å². The molecule has 1 aromatic heterocycles. The average Bonchev–Trinajstić information content (AvgIpc) is 3.02. The zero-order valence-electron chi connectivity index (χ0n) is 11.9. The predicted octanol–water partition coefficient (Wildman–Crippen LogP) is -1.07. The van der Waals surface area contributed by atoms with Crippen LogP contribution in [0.3, 0.4) is 0 Å². The number of hydrogen-bond acceptors (Lipinski definition) is 10. The zero-order chi connectivity index (χ0) is 16.6. The largest absolute Gasteiger partial charge is 0.509 e. The molecule has 2 N–H and O–H groups in total. The van der Waals surface area contributed by atoms with Gasteiger partial charge in [0, 0.05) is 19.2 Å². The molecule has 0 bridgehead atoms. The third-order valence-corrected chi connectivity index (χ3v) is 3.33. The van der Waals surface area contributed by atoms with Crippen LogP contribution < -0.4 is 11.2 Å². The molecule has 0 spiro atoms. The van der Waals surface area contributed by atoms with E-state index in [2.05, 4.69) is 15.3 Å². The van der Waals surface area contributed by atoms with E-state index >= 15 is 0 Å². The Morgan fingerprint density at radius 2 is 2.17 bits per heavy atom. The molecular formula is C12H13N3O8. The van der Waals surface area contributed by atoms with Gasteiger partial charge in [0.25, 0.3) is 0 Å². The number of anilines is 1. The molecule has 3 heterocycles. The number of hydrogen-bond donors (Lipinski definition) is 2. The van der Waals surface area contributed by atoms with Crippen LogP contribution >= 0.6 is 0 Å². The van der Waals surface area contributed by atoms with Crippen LogP contribution in [0.25, 0.3) is 0 Å². The van der Waals surface area contributed by atoms with Gasteiger partial charge in [-0.1, -0.05) is 0 Å². The Kier molecular flexibility index (Phi) is 3.88. The molecule has 0 aromatic carbocycles. The van der Waals surface area contributed by atoms with E-state index in [-0.39, 0.29) is 5.82 Å². The third kappa shape index (κ3) is 2.83. The van der Waals surface area contributed by atoms with Crippen LogP contribution in [0.1, 0.15) is 13.2 Å². The highest BCUT2D eigenvalue weighted by Crippen LogP contribution is 2.36. The molecule has 0 amide bonds. The molecule has 0 aliphatic carbocycles. The minimum Gasteiger partial charge on any atom is -0.424 e. The second-order valence-electron chi connectivity index (χ2n) is 4.86. The van der Waals surface area contributed by atoms with Crippen LogP contribution in [0, 0.1) is 0 Å². The van der Waals surface area contributed by atoms with E-state index in [0.717, 1.165) is 4.57 Å². The van der Waals surface area contributed by atoms with Crippen molar-refractivity contribution in [1.29, 1.82) is 0 Å². The van der Waals surface area contributed by atoms with Crippen LogP contribution in [0.15, 0.2) is 17.1 Å². The summed E-state index contributed by atoms with van der Waals surface area (Å²) in [5.74, 6) is -0.576. The summed E-state index contributed by atoms with van der Waals surface area (Å²) in [5.41, 5.74) is 1.48. The number of aliphatic hydroxyl groups is 1. The average molecular weight is 327 g/mol. The van der Waals surface area contributed by atoms with Crippen molar-refractivity contribution in [2.75, 3.05) is 12.1 Å². The number of rotatable bonds is 4. The number of aliphatic hydroxyl groups excluding tert-OH is 1. The first-order valence-electron chi connectivity index (χ1n) is 6.66. The van der Waals surface area contributed by atoms with E-state index in [1.165, 1.54) is 19.2 Å². The summed E-state index contributed by atoms with van der Waals surface area (Å²) in [6.07, 6.45) is -3.02. The molecule has 2 fully saturated rings. The van der Waals surface area contributed by atoms with Gasteiger partial charge in [0.1, 0.15) is 6.10 Å². The topological polar surface area (TPSA) is 138 Å². The molecule has 3 rings (SSSR count). The molecule has 0 saturated carbocycles. The first-order chi connectivity index (χ1) is 11.0. The monoisotopic (exact) mass is 327 g/mol. The number of nitrogens with zero attached hydrogens (tertiary/aromatic N) is 2. The van der Waals surface area contributed by atoms with E-state index in [9.17, 15) is 19.5 Å². The molecular weight excluding hydrogens is 314 g/mol. The maximum absolute atomic E-state index is 12.1. The Morgan fingerprint density at radius 1 is 1.43 bits per heavy atom. The van der Waals surface area contributed by atoms with Crippen molar-refractivity contribution < 1.29 is 33.7 Å². The first kappa shape index (κ1) is 15.2. The third-order valence-electron chi connectivity index (χ3n) is 3.33. The maximum Gasteiger partial charge on any atom is 0.509 e. The van der Waals surface area contributed by atoms with Crippen LogP contribution in [0.5, 0.6) is 0 Å². The van der Waals surface area contributed by atoms with Crippen LogP contribution in [0.2, 0.25) is 0 Å². The molecule has 11 heteroatoms. The van der Waals surface area contributed by atoms with Gasteiger partial charge in [0.15, 0.2) is 24.3 Å². The molecule has 4 atom stereocenters. The summed E-state index contributed by atoms with van der Waals surface area (Å²) in [5, 5.41) is 9.27. The molecule has 1 aromatic rings. The minimum absolute atomic E-state index is 0.0226. The fourth-order valence-corrected chi connectivity index (χ4v) is 2.38. The summed E-state index contributed by atoms with van der Waals surface area (Å²) in [4.78, 5) is 42.2. The lowest BCUT2D eigenvalue weighted by Crippen LogP contribution is -2.34. The molecule has 11 nitrogen and oxygen atoms in total. The first-order valence-corrected chi connectivity index (χ1v) is 6.66. The van der Waals surface area contributed by atoms with Gasteiger partial charge in [-0.15, -0.1) is 0 Å². The Balaban J connectivity index is 1.82. The number of carbonyl (C=O) groups is 2. The van der Waals surface area contributed by atoms with E-state index in [0.29, 0.717) is 0 Å². The lowest BCUT2D eigenvalue weighted by atomic mass is 10.1.